The number of aromatic nitrogens is 2. The lowest BCUT2D eigenvalue weighted by Crippen LogP contribution is -2.09. The summed E-state index contributed by atoms with van der Waals surface area (Å²) in [5, 5.41) is 2.99. The third-order valence-electron chi connectivity index (χ3n) is 2.69. The molecule has 0 spiro atoms. The van der Waals surface area contributed by atoms with Gasteiger partial charge in [-0.3, -0.25) is 0 Å². The fraction of sp³-hybridized carbons (Fsp3) is 0.231. The Labute approximate surface area is 104 Å². The van der Waals surface area contributed by atoms with Crippen LogP contribution in [-0.2, 0) is 0 Å². The van der Waals surface area contributed by atoms with Crippen LogP contribution in [0.5, 0.6) is 0 Å². The third kappa shape index (κ3) is 2.80. The molecule has 1 atom stereocenters. The number of benzene rings is 1. The van der Waals surface area contributed by atoms with Crippen molar-refractivity contribution in [2.75, 3.05) is 5.32 Å². The van der Waals surface area contributed by atoms with Crippen LogP contribution >= 0.6 is 0 Å². The molecule has 1 unspecified atom stereocenters. The van der Waals surface area contributed by atoms with Gasteiger partial charge in [-0.05, 0) is 31.0 Å². The Morgan fingerprint density at radius 2 is 1.94 bits per heavy atom. The van der Waals surface area contributed by atoms with E-state index in [-0.39, 0.29) is 11.9 Å². The predicted octanol–water partition coefficient (Wildman–Crippen LogP) is 3.24. The summed E-state index contributed by atoms with van der Waals surface area (Å²) in [5.74, 6) is -0.485. The van der Waals surface area contributed by atoms with Gasteiger partial charge in [0.15, 0.2) is 0 Å². The van der Waals surface area contributed by atoms with Crippen molar-refractivity contribution < 1.29 is 8.78 Å². The molecule has 5 heteroatoms. The van der Waals surface area contributed by atoms with E-state index in [1.165, 1.54) is 12.1 Å². The lowest BCUT2D eigenvalue weighted by atomic mass is 10.1. The molecule has 1 N–H and O–H groups in total. The van der Waals surface area contributed by atoms with E-state index in [1.807, 2.05) is 13.0 Å². The maximum atomic E-state index is 13.4. The van der Waals surface area contributed by atoms with Gasteiger partial charge in [-0.1, -0.05) is 12.1 Å². The van der Waals surface area contributed by atoms with Crippen molar-refractivity contribution in [2.24, 2.45) is 0 Å². The van der Waals surface area contributed by atoms with Gasteiger partial charge >= 0.3 is 0 Å². The zero-order valence-electron chi connectivity index (χ0n) is 10.1. The minimum atomic E-state index is -0.602. The molecule has 0 saturated heterocycles. The van der Waals surface area contributed by atoms with E-state index in [4.69, 9.17) is 0 Å². The Morgan fingerprint density at radius 1 is 1.17 bits per heavy atom. The molecule has 18 heavy (non-hydrogen) atoms. The number of aryl methyl sites for hydroxylation is 1. The fourth-order valence-electron chi connectivity index (χ4n) is 1.60. The van der Waals surface area contributed by atoms with Gasteiger partial charge in [0.25, 0.3) is 0 Å². The molecule has 0 aliphatic carbocycles. The highest BCUT2D eigenvalue weighted by atomic mass is 19.1. The molecule has 3 nitrogen and oxygen atoms in total. The van der Waals surface area contributed by atoms with Gasteiger partial charge in [-0.2, -0.15) is 4.39 Å². The predicted molar refractivity (Wildman–Crippen MR) is 65.2 cm³/mol. The van der Waals surface area contributed by atoms with Crippen molar-refractivity contribution in [3.63, 3.8) is 0 Å². The van der Waals surface area contributed by atoms with Gasteiger partial charge in [-0.15, -0.1) is 0 Å². The molecule has 2 rings (SSSR count). The zero-order chi connectivity index (χ0) is 13.1. The Bertz CT molecular complexity index is 558. The number of rotatable bonds is 3. The first-order chi connectivity index (χ1) is 8.56. The molecule has 0 saturated carbocycles. The molecule has 1 aromatic heterocycles. The Kier molecular flexibility index (Phi) is 3.50. The maximum absolute atomic E-state index is 13.4. The minimum absolute atomic E-state index is 0.172. The quantitative estimate of drug-likeness (QED) is 0.848. The number of nitrogens with one attached hydrogen (secondary N) is 1. The molecule has 0 bridgehead atoms. The monoisotopic (exact) mass is 249 g/mol. The average molecular weight is 249 g/mol. The van der Waals surface area contributed by atoms with Crippen molar-refractivity contribution >= 4 is 5.82 Å². The van der Waals surface area contributed by atoms with Crippen LogP contribution in [0.3, 0.4) is 0 Å². The van der Waals surface area contributed by atoms with Crippen molar-refractivity contribution in [1.29, 1.82) is 0 Å². The molecular formula is C13H13F2N3. The lowest BCUT2D eigenvalue weighted by molar-refractivity contribution is 0.579. The Hall–Kier alpha value is -2.04. The van der Waals surface area contributed by atoms with Gasteiger partial charge in [-0.25, -0.2) is 14.4 Å². The van der Waals surface area contributed by atoms with E-state index in [0.29, 0.717) is 11.4 Å². The molecule has 0 radical (unpaired) electrons. The molecule has 94 valence electrons. The van der Waals surface area contributed by atoms with Crippen molar-refractivity contribution in [3.8, 4) is 0 Å². The van der Waals surface area contributed by atoms with Gasteiger partial charge in [0.05, 0.1) is 6.04 Å². The van der Waals surface area contributed by atoms with E-state index in [1.54, 1.807) is 13.0 Å². The van der Waals surface area contributed by atoms with Gasteiger partial charge in [0.2, 0.25) is 5.95 Å². The molecule has 1 aromatic carbocycles. The molecule has 0 fully saturated rings. The highest BCUT2D eigenvalue weighted by Gasteiger charge is 2.08. The third-order valence-corrected chi connectivity index (χ3v) is 2.69. The van der Waals surface area contributed by atoms with Crippen LogP contribution in [0, 0.1) is 18.7 Å². The van der Waals surface area contributed by atoms with Crippen LogP contribution in [0.15, 0.2) is 30.6 Å². The first kappa shape index (κ1) is 12.4. The summed E-state index contributed by atoms with van der Waals surface area (Å²) in [4.78, 5) is 7.26. The lowest BCUT2D eigenvalue weighted by Gasteiger charge is -2.15. The average Bonchev–Trinajstić information content (AvgIpc) is 2.32. The van der Waals surface area contributed by atoms with Crippen LogP contribution < -0.4 is 5.32 Å². The van der Waals surface area contributed by atoms with E-state index in [2.05, 4.69) is 15.3 Å². The smallest absolute Gasteiger partial charge is 0.217 e. The summed E-state index contributed by atoms with van der Waals surface area (Å²) >= 11 is 0. The minimum Gasteiger partial charge on any atom is -0.363 e. The largest absolute Gasteiger partial charge is 0.363 e. The molecule has 0 aliphatic heterocycles. The number of hydrogen-bond acceptors (Lipinski definition) is 3. The second-order valence-electron chi connectivity index (χ2n) is 4.10. The van der Waals surface area contributed by atoms with Gasteiger partial charge in [0.1, 0.15) is 18.0 Å². The highest BCUT2D eigenvalue weighted by Crippen LogP contribution is 2.20. The summed E-state index contributed by atoms with van der Waals surface area (Å²) < 4.78 is 26.3. The summed E-state index contributed by atoms with van der Waals surface area (Å²) in [6.07, 6.45) is 1.14. The second kappa shape index (κ2) is 5.08. The number of anilines is 1. The van der Waals surface area contributed by atoms with E-state index >= 15 is 0 Å². The van der Waals surface area contributed by atoms with Crippen molar-refractivity contribution in [3.05, 3.63) is 53.5 Å². The molecular weight excluding hydrogens is 236 g/mol. The summed E-state index contributed by atoms with van der Waals surface area (Å²) in [6.45, 7) is 3.56. The van der Waals surface area contributed by atoms with E-state index in [0.717, 1.165) is 11.9 Å². The Morgan fingerprint density at radius 3 is 2.61 bits per heavy atom. The molecule has 0 amide bonds. The van der Waals surface area contributed by atoms with E-state index < -0.39 is 5.95 Å². The van der Waals surface area contributed by atoms with Crippen LogP contribution in [0.1, 0.15) is 24.1 Å². The molecule has 1 heterocycles. The molecule has 2 aromatic rings. The van der Waals surface area contributed by atoms with Crippen LogP contribution in [0.25, 0.3) is 0 Å². The Balaban J connectivity index is 2.16. The topological polar surface area (TPSA) is 37.8 Å². The first-order valence-corrected chi connectivity index (χ1v) is 5.56. The maximum Gasteiger partial charge on any atom is 0.217 e. The van der Waals surface area contributed by atoms with Crippen LogP contribution in [0.2, 0.25) is 0 Å². The number of hydrogen-bond donors (Lipinski definition) is 1. The van der Waals surface area contributed by atoms with Gasteiger partial charge in [0, 0.05) is 6.07 Å². The molecule has 0 aliphatic rings. The van der Waals surface area contributed by atoms with Crippen LogP contribution in [0.4, 0.5) is 14.6 Å². The first-order valence-electron chi connectivity index (χ1n) is 5.56. The standard InChI is InChI=1S/C13H13F2N3/c1-8-3-4-10(5-11(8)14)9(2)18-13-6-12(15)16-7-17-13/h3-7,9H,1-2H3,(H,16,17,18). The van der Waals surface area contributed by atoms with Crippen molar-refractivity contribution in [2.45, 2.75) is 19.9 Å². The number of nitrogens with zero attached hydrogens (tertiary/aromatic N) is 2. The van der Waals surface area contributed by atoms with Crippen molar-refractivity contribution in [1.82, 2.24) is 9.97 Å². The fourth-order valence-corrected chi connectivity index (χ4v) is 1.60. The van der Waals surface area contributed by atoms with Gasteiger partial charge < -0.3 is 5.32 Å². The summed E-state index contributed by atoms with van der Waals surface area (Å²) in [5.41, 5.74) is 1.37. The van der Waals surface area contributed by atoms with E-state index in [9.17, 15) is 8.78 Å². The number of halogens is 2. The second-order valence-corrected chi connectivity index (χ2v) is 4.10. The highest BCUT2D eigenvalue weighted by molar-refractivity contribution is 5.37. The normalized spacial score (nSPS) is 12.2. The van der Waals surface area contributed by atoms with Crippen LogP contribution in [-0.4, -0.2) is 9.97 Å². The summed E-state index contributed by atoms with van der Waals surface area (Å²) in [6, 6.07) is 6.03. The summed E-state index contributed by atoms with van der Waals surface area (Å²) in [7, 11) is 0. The SMILES string of the molecule is Cc1ccc(C(C)Nc2cc(F)ncn2)cc1F. The zero-order valence-corrected chi connectivity index (χ0v) is 10.1.